The van der Waals surface area contributed by atoms with Crippen LogP contribution in [0.5, 0.6) is 0 Å². The summed E-state index contributed by atoms with van der Waals surface area (Å²) in [6.07, 6.45) is 0.481. The monoisotopic (exact) mass is 392 g/mol. The molecule has 1 atom stereocenters. The molecule has 4 rings (SSSR count). The molecule has 2 N–H and O–H groups in total. The highest BCUT2D eigenvalue weighted by atomic mass is 35.5. The van der Waals surface area contributed by atoms with Gasteiger partial charge in [0.15, 0.2) is 0 Å². The molecule has 0 spiro atoms. The molecule has 0 fully saturated rings. The van der Waals surface area contributed by atoms with Crippen molar-refractivity contribution in [2.45, 2.75) is 19.1 Å². The normalized spacial score (nSPS) is 15.0. The smallest absolute Gasteiger partial charge is 0.128 e. The molecule has 1 aromatic heterocycles. The molecule has 28 heavy (non-hydrogen) atoms. The quantitative estimate of drug-likeness (QED) is 0.694. The molecule has 2 aromatic carbocycles. The van der Waals surface area contributed by atoms with Gasteiger partial charge in [0.1, 0.15) is 5.82 Å². The van der Waals surface area contributed by atoms with Crippen LogP contribution in [0.4, 0.5) is 5.82 Å². The first kappa shape index (κ1) is 18.7. The molecule has 1 aliphatic rings. The van der Waals surface area contributed by atoms with E-state index in [9.17, 15) is 10.4 Å². The molecular formula is C22H21ClN4O. The van der Waals surface area contributed by atoms with E-state index in [0.717, 1.165) is 24.9 Å². The second kappa shape index (κ2) is 8.15. The second-order valence-corrected chi connectivity index (χ2v) is 7.55. The summed E-state index contributed by atoms with van der Waals surface area (Å²) < 4.78 is 0. The molecule has 0 amide bonds. The summed E-state index contributed by atoms with van der Waals surface area (Å²) in [6.45, 7) is 2.77. The lowest BCUT2D eigenvalue weighted by molar-refractivity contribution is 0.114. The van der Waals surface area contributed by atoms with E-state index < -0.39 is 6.10 Å². The number of aliphatic hydroxyl groups excluding tert-OH is 1. The third-order valence-electron chi connectivity index (χ3n) is 5.09. The lowest BCUT2D eigenvalue weighted by Crippen LogP contribution is -2.39. The van der Waals surface area contributed by atoms with Crippen LogP contribution < -0.4 is 5.32 Å². The van der Waals surface area contributed by atoms with Gasteiger partial charge in [-0.2, -0.15) is 5.26 Å². The Morgan fingerprint density at radius 3 is 2.86 bits per heavy atom. The van der Waals surface area contributed by atoms with Gasteiger partial charge in [-0.25, -0.2) is 4.98 Å². The fourth-order valence-corrected chi connectivity index (χ4v) is 3.85. The predicted molar refractivity (Wildman–Crippen MR) is 111 cm³/mol. The number of nitriles is 1. The van der Waals surface area contributed by atoms with Crippen LogP contribution in [0.3, 0.4) is 0 Å². The first-order valence-electron chi connectivity index (χ1n) is 9.34. The number of benzene rings is 2. The molecule has 6 heteroatoms. The van der Waals surface area contributed by atoms with E-state index in [0.29, 0.717) is 35.0 Å². The minimum atomic E-state index is -0.529. The highest BCUT2D eigenvalue weighted by Gasteiger charge is 2.18. The van der Waals surface area contributed by atoms with E-state index in [2.05, 4.69) is 45.5 Å². The fraction of sp³-hybridized carbons (Fsp3) is 0.273. The summed E-state index contributed by atoms with van der Waals surface area (Å²) >= 11 is 6.02. The number of hydrogen-bond donors (Lipinski definition) is 2. The number of nitrogens with one attached hydrogen (secondary N) is 1. The van der Waals surface area contributed by atoms with Crippen LogP contribution in [-0.4, -0.2) is 40.7 Å². The number of hydrogen-bond acceptors (Lipinski definition) is 5. The van der Waals surface area contributed by atoms with E-state index in [1.54, 1.807) is 24.3 Å². The number of aliphatic hydroxyl groups is 1. The van der Waals surface area contributed by atoms with Crippen LogP contribution in [0.1, 0.15) is 16.7 Å². The number of halogens is 1. The molecule has 2 heterocycles. The van der Waals surface area contributed by atoms with Crippen molar-refractivity contribution in [3.63, 3.8) is 0 Å². The third kappa shape index (κ3) is 4.10. The molecule has 1 aliphatic heterocycles. The SMILES string of the molecule is N#Cc1cc(NCC(O)CN2CCc3ccccc3C2)nc2ccc(Cl)cc12. The van der Waals surface area contributed by atoms with Crippen molar-refractivity contribution in [1.29, 1.82) is 5.26 Å². The van der Waals surface area contributed by atoms with Gasteiger partial charge in [0.05, 0.1) is 23.3 Å². The minimum Gasteiger partial charge on any atom is -0.390 e. The topological polar surface area (TPSA) is 72.2 Å². The van der Waals surface area contributed by atoms with Gasteiger partial charge >= 0.3 is 0 Å². The highest BCUT2D eigenvalue weighted by molar-refractivity contribution is 6.31. The Morgan fingerprint density at radius 2 is 2.04 bits per heavy atom. The molecule has 3 aromatic rings. The van der Waals surface area contributed by atoms with Gasteiger partial charge in [0, 0.05) is 36.6 Å². The summed E-state index contributed by atoms with van der Waals surface area (Å²) in [5, 5.41) is 24.4. The van der Waals surface area contributed by atoms with E-state index >= 15 is 0 Å². The van der Waals surface area contributed by atoms with Crippen molar-refractivity contribution in [2.24, 2.45) is 0 Å². The number of nitrogens with zero attached hydrogens (tertiary/aromatic N) is 3. The molecule has 0 saturated carbocycles. The van der Waals surface area contributed by atoms with Crippen molar-refractivity contribution in [3.05, 3.63) is 70.2 Å². The van der Waals surface area contributed by atoms with Crippen molar-refractivity contribution in [1.82, 2.24) is 9.88 Å². The van der Waals surface area contributed by atoms with E-state index in [1.807, 2.05) is 0 Å². The molecular weight excluding hydrogens is 372 g/mol. The van der Waals surface area contributed by atoms with Crippen LogP contribution >= 0.6 is 11.6 Å². The lowest BCUT2D eigenvalue weighted by atomic mass is 10.00. The Balaban J connectivity index is 1.39. The molecule has 142 valence electrons. The van der Waals surface area contributed by atoms with Gasteiger partial charge in [-0.1, -0.05) is 35.9 Å². The van der Waals surface area contributed by atoms with Crippen LogP contribution in [0.25, 0.3) is 10.9 Å². The zero-order valence-electron chi connectivity index (χ0n) is 15.4. The molecule has 0 bridgehead atoms. The van der Waals surface area contributed by atoms with Crippen molar-refractivity contribution in [3.8, 4) is 6.07 Å². The van der Waals surface area contributed by atoms with Crippen molar-refractivity contribution in [2.75, 3.05) is 25.0 Å². The van der Waals surface area contributed by atoms with E-state index in [1.165, 1.54) is 11.1 Å². The number of β-amino-alcohol motifs (C(OH)–C–C–N with tert-alkyl or cyclic N) is 1. The summed E-state index contributed by atoms with van der Waals surface area (Å²) in [6, 6.07) is 17.7. The van der Waals surface area contributed by atoms with E-state index in [4.69, 9.17) is 11.6 Å². The maximum Gasteiger partial charge on any atom is 0.128 e. The van der Waals surface area contributed by atoms with Gasteiger partial charge in [-0.15, -0.1) is 0 Å². The zero-order valence-corrected chi connectivity index (χ0v) is 16.2. The zero-order chi connectivity index (χ0) is 19.5. The van der Waals surface area contributed by atoms with Crippen LogP contribution in [-0.2, 0) is 13.0 Å². The first-order valence-corrected chi connectivity index (χ1v) is 9.71. The average Bonchev–Trinajstić information content (AvgIpc) is 2.71. The molecule has 5 nitrogen and oxygen atoms in total. The van der Waals surface area contributed by atoms with Crippen LogP contribution in [0.15, 0.2) is 48.5 Å². The minimum absolute atomic E-state index is 0.370. The van der Waals surface area contributed by atoms with Crippen molar-refractivity contribution < 1.29 is 5.11 Å². The lowest BCUT2D eigenvalue weighted by Gasteiger charge is -2.30. The molecule has 0 saturated heterocycles. The summed E-state index contributed by atoms with van der Waals surface area (Å²) in [7, 11) is 0. The number of pyridine rings is 1. The standard InChI is InChI=1S/C22H21ClN4O/c23-18-5-6-21-20(10-18)17(11-24)9-22(26-21)25-12-19(28)14-27-8-7-15-3-1-2-4-16(15)13-27/h1-6,9-10,19,28H,7-8,12-14H2,(H,25,26). The molecule has 1 unspecified atom stereocenters. The Kier molecular flexibility index (Phi) is 5.45. The Bertz CT molecular complexity index is 1050. The summed E-state index contributed by atoms with van der Waals surface area (Å²) in [5.41, 5.74) is 3.95. The number of aromatic nitrogens is 1. The fourth-order valence-electron chi connectivity index (χ4n) is 3.68. The van der Waals surface area contributed by atoms with E-state index in [-0.39, 0.29) is 0 Å². The van der Waals surface area contributed by atoms with Gasteiger partial charge in [0.2, 0.25) is 0 Å². The average molecular weight is 393 g/mol. The molecule has 0 radical (unpaired) electrons. The van der Waals surface area contributed by atoms with Crippen LogP contribution in [0, 0.1) is 11.3 Å². The first-order chi connectivity index (χ1) is 13.6. The number of rotatable bonds is 5. The Labute approximate surface area is 169 Å². The highest BCUT2D eigenvalue weighted by Crippen LogP contribution is 2.24. The summed E-state index contributed by atoms with van der Waals surface area (Å²) in [4.78, 5) is 6.80. The number of anilines is 1. The van der Waals surface area contributed by atoms with Crippen molar-refractivity contribution >= 4 is 28.3 Å². The summed E-state index contributed by atoms with van der Waals surface area (Å²) in [5.74, 6) is 0.578. The molecule has 0 aliphatic carbocycles. The van der Waals surface area contributed by atoms with Gasteiger partial charge in [0.25, 0.3) is 0 Å². The predicted octanol–water partition coefficient (Wildman–Crippen LogP) is 3.59. The van der Waals surface area contributed by atoms with Gasteiger partial charge in [-0.3, -0.25) is 4.90 Å². The van der Waals surface area contributed by atoms with Gasteiger partial charge in [-0.05, 0) is 41.8 Å². The third-order valence-corrected chi connectivity index (χ3v) is 5.32. The maximum absolute atomic E-state index is 10.5. The second-order valence-electron chi connectivity index (χ2n) is 7.12. The Morgan fingerprint density at radius 1 is 1.21 bits per heavy atom. The van der Waals surface area contributed by atoms with Gasteiger partial charge < -0.3 is 10.4 Å². The maximum atomic E-state index is 10.5. The number of fused-ring (bicyclic) bond motifs is 2. The van der Waals surface area contributed by atoms with Crippen LogP contribution in [0.2, 0.25) is 5.02 Å². The Hall–Kier alpha value is -2.65. The largest absolute Gasteiger partial charge is 0.390 e.